The molecule has 0 atom stereocenters. The Morgan fingerprint density at radius 2 is 1.79 bits per heavy atom. The molecule has 0 radical (unpaired) electrons. The van der Waals surface area contributed by atoms with Gasteiger partial charge in [-0.25, -0.2) is 0 Å². The molecule has 0 aliphatic carbocycles. The molecule has 2 rings (SSSR count). The van der Waals surface area contributed by atoms with Crippen molar-refractivity contribution in [3.63, 3.8) is 0 Å². The molecule has 4 nitrogen and oxygen atoms in total. The Labute approximate surface area is 115 Å². The molecule has 0 heterocycles. The summed E-state index contributed by atoms with van der Waals surface area (Å²) in [4.78, 5) is 12.0. The minimum atomic E-state index is -0.315. The number of nitrogens with one attached hydrogen (secondary N) is 1. The zero-order valence-electron chi connectivity index (χ0n) is 10.1. The first-order chi connectivity index (χ1) is 8.97. The number of phenolic OH excluding ortho intramolecular Hbond substituents is 2. The van der Waals surface area contributed by atoms with Gasteiger partial charge in [0.1, 0.15) is 11.5 Å². The van der Waals surface area contributed by atoms with Crippen molar-refractivity contribution in [2.75, 3.05) is 5.32 Å². The zero-order valence-corrected chi connectivity index (χ0v) is 10.9. The molecule has 98 valence electrons. The summed E-state index contributed by atoms with van der Waals surface area (Å²) < 4.78 is 0. The largest absolute Gasteiger partial charge is 0.508 e. The molecule has 19 heavy (non-hydrogen) atoms. The number of aryl methyl sites for hydroxylation is 1. The van der Waals surface area contributed by atoms with Crippen LogP contribution < -0.4 is 5.32 Å². The maximum Gasteiger partial charge on any atom is 0.255 e. The van der Waals surface area contributed by atoms with E-state index in [1.54, 1.807) is 19.1 Å². The van der Waals surface area contributed by atoms with Crippen molar-refractivity contribution in [2.45, 2.75) is 6.92 Å². The van der Waals surface area contributed by atoms with E-state index in [2.05, 4.69) is 5.32 Å². The highest BCUT2D eigenvalue weighted by Gasteiger charge is 2.09. The number of hydrogen-bond donors (Lipinski definition) is 3. The second-order valence-electron chi connectivity index (χ2n) is 4.12. The van der Waals surface area contributed by atoms with Gasteiger partial charge in [0.15, 0.2) is 0 Å². The summed E-state index contributed by atoms with van der Waals surface area (Å²) in [5.74, 6) is -0.214. The fraction of sp³-hybridized carbons (Fsp3) is 0.0714. The summed E-state index contributed by atoms with van der Waals surface area (Å²) in [5.41, 5.74) is 1.54. The van der Waals surface area contributed by atoms with Gasteiger partial charge in [0, 0.05) is 11.3 Å². The number of rotatable bonds is 2. The van der Waals surface area contributed by atoms with Crippen LogP contribution in [0.4, 0.5) is 5.69 Å². The minimum Gasteiger partial charge on any atom is -0.508 e. The van der Waals surface area contributed by atoms with Crippen LogP contribution in [-0.4, -0.2) is 16.1 Å². The Morgan fingerprint density at radius 1 is 1.11 bits per heavy atom. The highest BCUT2D eigenvalue weighted by molar-refractivity contribution is 6.32. The number of benzene rings is 2. The lowest BCUT2D eigenvalue weighted by Gasteiger charge is -2.07. The van der Waals surface area contributed by atoms with Gasteiger partial charge >= 0.3 is 0 Å². The summed E-state index contributed by atoms with van der Waals surface area (Å²) in [7, 11) is 0. The van der Waals surface area contributed by atoms with Crippen LogP contribution >= 0.6 is 11.6 Å². The van der Waals surface area contributed by atoms with Gasteiger partial charge in [0.2, 0.25) is 0 Å². The highest BCUT2D eigenvalue weighted by atomic mass is 35.5. The van der Waals surface area contributed by atoms with E-state index in [4.69, 9.17) is 11.6 Å². The number of hydrogen-bond acceptors (Lipinski definition) is 3. The van der Waals surface area contributed by atoms with Crippen molar-refractivity contribution in [3.05, 3.63) is 52.5 Å². The molecule has 0 aliphatic heterocycles. The van der Waals surface area contributed by atoms with Gasteiger partial charge in [-0.2, -0.15) is 0 Å². The lowest BCUT2D eigenvalue weighted by atomic mass is 10.1. The van der Waals surface area contributed by atoms with E-state index in [-0.39, 0.29) is 22.4 Å². The fourth-order valence-corrected chi connectivity index (χ4v) is 1.77. The van der Waals surface area contributed by atoms with Crippen molar-refractivity contribution in [2.24, 2.45) is 0 Å². The van der Waals surface area contributed by atoms with E-state index < -0.39 is 0 Å². The summed E-state index contributed by atoms with van der Waals surface area (Å²) in [6, 6.07) is 8.99. The molecule has 1 amide bonds. The Balaban J connectivity index is 2.20. The molecule has 0 saturated heterocycles. The lowest BCUT2D eigenvalue weighted by molar-refractivity contribution is 0.102. The molecule has 0 aromatic heterocycles. The van der Waals surface area contributed by atoms with Gasteiger partial charge in [0.25, 0.3) is 5.91 Å². The van der Waals surface area contributed by atoms with Crippen LogP contribution in [0.25, 0.3) is 0 Å². The van der Waals surface area contributed by atoms with Gasteiger partial charge < -0.3 is 15.5 Å². The Morgan fingerprint density at radius 3 is 2.42 bits per heavy atom. The number of carbonyl (C=O) groups excluding carboxylic acids is 1. The molecule has 0 saturated carbocycles. The first kappa shape index (κ1) is 13.2. The molecule has 0 spiro atoms. The smallest absolute Gasteiger partial charge is 0.255 e. The molecule has 5 heteroatoms. The average Bonchev–Trinajstić information content (AvgIpc) is 2.37. The number of aromatic hydroxyl groups is 2. The topological polar surface area (TPSA) is 69.6 Å². The Kier molecular flexibility index (Phi) is 3.62. The minimum absolute atomic E-state index is 0.0415. The van der Waals surface area contributed by atoms with Gasteiger partial charge in [-0.1, -0.05) is 11.6 Å². The first-order valence-electron chi connectivity index (χ1n) is 5.57. The second kappa shape index (κ2) is 5.20. The van der Waals surface area contributed by atoms with Gasteiger partial charge in [0.05, 0.1) is 5.02 Å². The van der Waals surface area contributed by atoms with Crippen molar-refractivity contribution in [1.82, 2.24) is 0 Å². The number of amides is 1. The highest BCUT2D eigenvalue weighted by Crippen LogP contribution is 2.26. The first-order valence-corrected chi connectivity index (χ1v) is 5.94. The molecule has 0 bridgehead atoms. The molecular formula is C14H12ClNO3. The number of halogens is 1. The third kappa shape index (κ3) is 2.98. The van der Waals surface area contributed by atoms with Crippen LogP contribution in [0, 0.1) is 6.92 Å². The second-order valence-corrected chi connectivity index (χ2v) is 4.53. The van der Waals surface area contributed by atoms with Crippen LogP contribution in [0.1, 0.15) is 15.9 Å². The van der Waals surface area contributed by atoms with Crippen LogP contribution in [0.15, 0.2) is 36.4 Å². The third-order valence-corrected chi connectivity index (χ3v) is 2.97. The van der Waals surface area contributed by atoms with Crippen molar-refractivity contribution < 1.29 is 15.0 Å². The van der Waals surface area contributed by atoms with Crippen molar-refractivity contribution in [3.8, 4) is 11.5 Å². The van der Waals surface area contributed by atoms with Gasteiger partial charge in [-0.15, -0.1) is 0 Å². The van der Waals surface area contributed by atoms with E-state index in [0.717, 1.165) is 0 Å². The predicted octanol–water partition coefficient (Wildman–Crippen LogP) is 3.31. The average molecular weight is 278 g/mol. The van der Waals surface area contributed by atoms with Crippen molar-refractivity contribution in [1.29, 1.82) is 0 Å². The van der Waals surface area contributed by atoms with E-state index in [1.807, 2.05) is 0 Å². The van der Waals surface area contributed by atoms with Crippen LogP contribution in [0.3, 0.4) is 0 Å². The molecule has 2 aromatic rings. The summed E-state index contributed by atoms with van der Waals surface area (Å²) in [6.07, 6.45) is 0. The summed E-state index contributed by atoms with van der Waals surface area (Å²) in [5, 5.41) is 21.5. The van der Waals surface area contributed by atoms with Crippen LogP contribution in [0.2, 0.25) is 5.02 Å². The molecule has 0 aliphatic rings. The van der Waals surface area contributed by atoms with Crippen LogP contribution in [0.5, 0.6) is 11.5 Å². The zero-order chi connectivity index (χ0) is 14.0. The Hall–Kier alpha value is -2.20. The Bertz CT molecular complexity index is 641. The van der Waals surface area contributed by atoms with E-state index in [9.17, 15) is 15.0 Å². The number of phenols is 2. The van der Waals surface area contributed by atoms with E-state index in [1.165, 1.54) is 24.3 Å². The van der Waals surface area contributed by atoms with Gasteiger partial charge in [-0.3, -0.25) is 4.79 Å². The van der Waals surface area contributed by atoms with Crippen LogP contribution in [-0.2, 0) is 0 Å². The number of carbonyl (C=O) groups is 1. The number of anilines is 1. The lowest BCUT2D eigenvalue weighted by Crippen LogP contribution is -2.11. The third-order valence-electron chi connectivity index (χ3n) is 2.66. The van der Waals surface area contributed by atoms with Gasteiger partial charge in [-0.05, 0) is 48.9 Å². The SMILES string of the molecule is Cc1cc(C(=O)Nc2ccc(O)c(Cl)c2)ccc1O. The molecule has 3 N–H and O–H groups in total. The maximum atomic E-state index is 12.0. The maximum absolute atomic E-state index is 12.0. The molecule has 0 fully saturated rings. The predicted molar refractivity (Wildman–Crippen MR) is 73.9 cm³/mol. The molecule has 0 unspecified atom stereocenters. The van der Waals surface area contributed by atoms with E-state index in [0.29, 0.717) is 16.8 Å². The fourth-order valence-electron chi connectivity index (χ4n) is 1.58. The monoisotopic (exact) mass is 277 g/mol. The van der Waals surface area contributed by atoms with Crippen molar-refractivity contribution >= 4 is 23.2 Å². The normalized spacial score (nSPS) is 10.2. The molecular weight excluding hydrogens is 266 g/mol. The summed E-state index contributed by atoms with van der Waals surface area (Å²) in [6.45, 7) is 1.71. The van der Waals surface area contributed by atoms with E-state index >= 15 is 0 Å². The molecule has 2 aromatic carbocycles. The summed E-state index contributed by atoms with van der Waals surface area (Å²) >= 11 is 5.75. The standard InChI is InChI=1S/C14H12ClNO3/c1-8-6-9(2-4-12(8)17)14(19)16-10-3-5-13(18)11(15)7-10/h2-7,17-18H,1H3,(H,16,19). The quantitative estimate of drug-likeness (QED) is 0.738.